The SMILES string of the molecule is CC(C)Cc1ccc(C(C)CC(CN)CO)s1. The lowest BCUT2D eigenvalue weighted by Gasteiger charge is -2.16. The Labute approximate surface area is 109 Å². The van der Waals surface area contributed by atoms with Crippen molar-refractivity contribution in [2.75, 3.05) is 13.2 Å². The fourth-order valence-electron chi connectivity index (χ4n) is 2.03. The molecule has 98 valence electrons. The van der Waals surface area contributed by atoms with Gasteiger partial charge in [0.05, 0.1) is 0 Å². The maximum absolute atomic E-state index is 9.17. The molecule has 17 heavy (non-hydrogen) atoms. The van der Waals surface area contributed by atoms with Gasteiger partial charge in [-0.2, -0.15) is 0 Å². The summed E-state index contributed by atoms with van der Waals surface area (Å²) >= 11 is 1.91. The van der Waals surface area contributed by atoms with Gasteiger partial charge in [0.1, 0.15) is 0 Å². The summed E-state index contributed by atoms with van der Waals surface area (Å²) in [6, 6.07) is 4.48. The molecule has 2 nitrogen and oxygen atoms in total. The predicted molar refractivity (Wildman–Crippen MR) is 75.5 cm³/mol. The Kier molecular flexibility index (Phi) is 6.17. The minimum atomic E-state index is 0.199. The molecule has 3 heteroatoms. The molecule has 1 heterocycles. The number of hydrogen-bond acceptors (Lipinski definition) is 3. The minimum absolute atomic E-state index is 0.199. The van der Waals surface area contributed by atoms with Gasteiger partial charge in [-0.15, -0.1) is 11.3 Å². The molecule has 0 saturated heterocycles. The van der Waals surface area contributed by atoms with E-state index >= 15 is 0 Å². The minimum Gasteiger partial charge on any atom is -0.396 e. The number of nitrogens with two attached hydrogens (primary N) is 1. The van der Waals surface area contributed by atoms with Gasteiger partial charge in [-0.3, -0.25) is 0 Å². The van der Waals surface area contributed by atoms with E-state index in [2.05, 4.69) is 32.9 Å². The van der Waals surface area contributed by atoms with Gasteiger partial charge in [0.25, 0.3) is 0 Å². The third kappa shape index (κ3) is 4.78. The summed E-state index contributed by atoms with van der Waals surface area (Å²) < 4.78 is 0. The topological polar surface area (TPSA) is 46.2 Å². The third-order valence-corrected chi connectivity index (χ3v) is 4.40. The summed E-state index contributed by atoms with van der Waals surface area (Å²) in [5, 5.41) is 9.17. The predicted octanol–water partition coefficient (Wildman–Crippen LogP) is 3.01. The van der Waals surface area contributed by atoms with Crippen LogP contribution in [0.15, 0.2) is 12.1 Å². The Morgan fingerprint density at radius 3 is 2.53 bits per heavy atom. The highest BCUT2D eigenvalue weighted by Gasteiger charge is 2.14. The maximum Gasteiger partial charge on any atom is 0.0471 e. The summed E-state index contributed by atoms with van der Waals surface area (Å²) in [7, 11) is 0. The molecule has 0 aliphatic carbocycles. The van der Waals surface area contributed by atoms with Crippen molar-refractivity contribution in [3.05, 3.63) is 21.9 Å². The van der Waals surface area contributed by atoms with Gasteiger partial charge in [-0.05, 0) is 49.3 Å². The fraction of sp³-hybridized carbons (Fsp3) is 0.714. The van der Waals surface area contributed by atoms with Gasteiger partial charge in [0.2, 0.25) is 0 Å². The molecule has 3 N–H and O–H groups in total. The molecular weight excluding hydrogens is 230 g/mol. The van der Waals surface area contributed by atoms with Gasteiger partial charge < -0.3 is 10.8 Å². The van der Waals surface area contributed by atoms with Crippen LogP contribution in [0.4, 0.5) is 0 Å². The first kappa shape index (κ1) is 14.7. The average Bonchev–Trinajstić information content (AvgIpc) is 2.73. The number of aliphatic hydroxyl groups excluding tert-OH is 1. The molecule has 1 rings (SSSR count). The Hall–Kier alpha value is -0.380. The van der Waals surface area contributed by atoms with E-state index in [-0.39, 0.29) is 12.5 Å². The number of rotatable bonds is 7. The molecule has 0 aromatic carbocycles. The van der Waals surface area contributed by atoms with Crippen LogP contribution in [-0.2, 0) is 6.42 Å². The number of hydrogen-bond donors (Lipinski definition) is 2. The zero-order valence-corrected chi connectivity index (χ0v) is 12.0. The van der Waals surface area contributed by atoms with E-state index in [1.54, 1.807) is 0 Å². The summed E-state index contributed by atoms with van der Waals surface area (Å²) in [5.74, 6) is 1.45. The van der Waals surface area contributed by atoms with Crippen LogP contribution in [0.1, 0.15) is 42.9 Å². The van der Waals surface area contributed by atoms with Crippen LogP contribution in [0.3, 0.4) is 0 Å². The van der Waals surface area contributed by atoms with Crippen molar-refractivity contribution in [1.29, 1.82) is 0 Å². The lowest BCUT2D eigenvalue weighted by atomic mass is 9.95. The molecule has 2 atom stereocenters. The zero-order chi connectivity index (χ0) is 12.8. The molecule has 0 saturated carbocycles. The highest BCUT2D eigenvalue weighted by Crippen LogP contribution is 2.30. The van der Waals surface area contributed by atoms with Crippen LogP contribution in [0.5, 0.6) is 0 Å². The van der Waals surface area contributed by atoms with Crippen LogP contribution in [0.25, 0.3) is 0 Å². The standard InChI is InChI=1S/C14H25NOS/c1-10(2)6-13-4-5-14(17-13)11(3)7-12(8-15)9-16/h4-5,10-12,16H,6-9,15H2,1-3H3. The highest BCUT2D eigenvalue weighted by atomic mass is 32.1. The summed E-state index contributed by atoms with van der Waals surface area (Å²) in [6.07, 6.45) is 2.15. The highest BCUT2D eigenvalue weighted by molar-refractivity contribution is 7.12. The lowest BCUT2D eigenvalue weighted by molar-refractivity contribution is 0.217. The van der Waals surface area contributed by atoms with Crippen molar-refractivity contribution in [3.63, 3.8) is 0 Å². The van der Waals surface area contributed by atoms with Crippen molar-refractivity contribution in [3.8, 4) is 0 Å². The quantitative estimate of drug-likeness (QED) is 0.787. The van der Waals surface area contributed by atoms with Crippen molar-refractivity contribution >= 4 is 11.3 Å². The molecule has 2 unspecified atom stereocenters. The van der Waals surface area contributed by atoms with Gasteiger partial charge in [0.15, 0.2) is 0 Å². The third-order valence-electron chi connectivity index (χ3n) is 3.06. The number of aliphatic hydroxyl groups is 1. The van der Waals surface area contributed by atoms with Crippen molar-refractivity contribution < 1.29 is 5.11 Å². The smallest absolute Gasteiger partial charge is 0.0471 e. The van der Waals surface area contributed by atoms with Gasteiger partial charge >= 0.3 is 0 Å². The van der Waals surface area contributed by atoms with Crippen LogP contribution in [-0.4, -0.2) is 18.3 Å². The van der Waals surface area contributed by atoms with E-state index in [1.165, 1.54) is 9.75 Å². The van der Waals surface area contributed by atoms with E-state index < -0.39 is 0 Å². The molecule has 0 amide bonds. The first-order valence-electron chi connectivity index (χ1n) is 6.46. The molecule has 1 aromatic rings. The molecule has 0 aliphatic rings. The second-order valence-corrected chi connectivity index (χ2v) is 6.52. The first-order chi connectivity index (χ1) is 8.06. The second-order valence-electron chi connectivity index (χ2n) is 5.32. The van der Waals surface area contributed by atoms with Crippen LogP contribution in [0.2, 0.25) is 0 Å². The van der Waals surface area contributed by atoms with Gasteiger partial charge in [0, 0.05) is 16.4 Å². The van der Waals surface area contributed by atoms with Crippen molar-refractivity contribution in [2.45, 2.75) is 39.5 Å². The summed E-state index contributed by atoms with van der Waals surface area (Å²) in [5.41, 5.74) is 5.62. The Balaban J connectivity index is 2.56. The second kappa shape index (κ2) is 7.14. The van der Waals surface area contributed by atoms with E-state index in [0.717, 1.165) is 12.8 Å². The van der Waals surface area contributed by atoms with Gasteiger partial charge in [-0.25, -0.2) is 0 Å². The van der Waals surface area contributed by atoms with Crippen LogP contribution >= 0.6 is 11.3 Å². The van der Waals surface area contributed by atoms with E-state index in [1.807, 2.05) is 11.3 Å². The van der Waals surface area contributed by atoms with Crippen LogP contribution in [0, 0.1) is 11.8 Å². The molecule has 0 spiro atoms. The fourth-order valence-corrected chi connectivity index (χ4v) is 3.32. The Morgan fingerprint density at radius 1 is 1.29 bits per heavy atom. The average molecular weight is 255 g/mol. The molecule has 0 bridgehead atoms. The number of thiophene rings is 1. The van der Waals surface area contributed by atoms with Crippen molar-refractivity contribution in [2.24, 2.45) is 17.6 Å². The van der Waals surface area contributed by atoms with Crippen LogP contribution < -0.4 is 5.73 Å². The summed E-state index contributed by atoms with van der Waals surface area (Å²) in [4.78, 5) is 2.89. The monoisotopic (exact) mass is 255 g/mol. The lowest BCUT2D eigenvalue weighted by Crippen LogP contribution is -2.19. The van der Waals surface area contributed by atoms with E-state index in [9.17, 15) is 0 Å². The molecule has 0 fully saturated rings. The molecule has 0 radical (unpaired) electrons. The Bertz CT molecular complexity index is 318. The van der Waals surface area contributed by atoms with E-state index in [4.69, 9.17) is 10.8 Å². The Morgan fingerprint density at radius 2 is 2.00 bits per heavy atom. The summed E-state index contributed by atoms with van der Waals surface area (Å²) in [6.45, 7) is 7.50. The largest absolute Gasteiger partial charge is 0.396 e. The van der Waals surface area contributed by atoms with Crippen molar-refractivity contribution in [1.82, 2.24) is 0 Å². The molecule has 1 aromatic heterocycles. The first-order valence-corrected chi connectivity index (χ1v) is 7.28. The molecular formula is C14H25NOS. The van der Waals surface area contributed by atoms with Gasteiger partial charge in [-0.1, -0.05) is 20.8 Å². The van der Waals surface area contributed by atoms with E-state index in [0.29, 0.717) is 18.4 Å². The maximum atomic E-state index is 9.17. The molecule has 0 aliphatic heterocycles. The zero-order valence-electron chi connectivity index (χ0n) is 11.1. The normalized spacial score (nSPS) is 15.2.